The van der Waals surface area contributed by atoms with Gasteiger partial charge in [-0.1, -0.05) is 0 Å². The Labute approximate surface area is 85.8 Å². The van der Waals surface area contributed by atoms with Crippen molar-refractivity contribution in [1.82, 2.24) is 0 Å². The first-order valence-electron chi connectivity index (χ1n) is 3.43. The Hall–Kier alpha value is -0.840. The number of carbonyl (C=O) groups is 2. The molecule has 15 heavy (non-hydrogen) atoms. The van der Waals surface area contributed by atoms with Crippen LogP contribution in [0.3, 0.4) is 0 Å². The Bertz CT molecular complexity index is 469. The minimum atomic E-state index is -4.75. The summed E-state index contributed by atoms with van der Waals surface area (Å²) < 4.78 is 57.8. The lowest BCUT2D eigenvalue weighted by Crippen LogP contribution is -2.35. The molecule has 0 saturated carbocycles. The van der Waals surface area contributed by atoms with Gasteiger partial charge in [-0.05, 0) is 6.92 Å². The number of Topliss-reactive ketones (excluding diaryl/α,β-unsaturated/α-hetero) is 2. The molecule has 2 N–H and O–H groups in total. The van der Waals surface area contributed by atoms with Crippen molar-refractivity contribution in [1.29, 1.82) is 0 Å². The fourth-order valence-electron chi connectivity index (χ4n) is 0.599. The van der Waals surface area contributed by atoms with Crippen LogP contribution in [-0.2, 0) is 29.8 Å². The maximum absolute atomic E-state index is 10.9. The number of hydrogen-bond acceptors (Lipinski definition) is 6. The van der Waals surface area contributed by atoms with Crippen molar-refractivity contribution in [3.63, 3.8) is 0 Å². The third-order valence-electron chi connectivity index (χ3n) is 1.40. The van der Waals surface area contributed by atoms with Crippen LogP contribution in [0, 0.1) is 0 Å². The molecule has 0 rings (SSSR count). The average Bonchev–Trinajstić information content (AvgIpc) is 1.96. The first-order chi connectivity index (χ1) is 6.45. The highest BCUT2D eigenvalue weighted by molar-refractivity contribution is 7.88. The second-order valence-electron chi connectivity index (χ2n) is 2.67. The maximum atomic E-state index is 10.9. The molecule has 0 spiro atoms. The summed E-state index contributed by atoms with van der Waals surface area (Å²) in [6, 6.07) is 0. The molecule has 0 saturated heterocycles. The summed E-state index contributed by atoms with van der Waals surface area (Å²) in [4.78, 5) is 21.7. The van der Waals surface area contributed by atoms with Crippen molar-refractivity contribution >= 4 is 31.8 Å². The van der Waals surface area contributed by atoms with Crippen molar-refractivity contribution in [3.8, 4) is 0 Å². The molecule has 0 aliphatic carbocycles. The van der Waals surface area contributed by atoms with Crippen molar-refractivity contribution < 1.29 is 35.5 Å². The number of rotatable bonds is 5. The van der Waals surface area contributed by atoms with E-state index in [4.69, 9.17) is 9.11 Å². The first kappa shape index (κ1) is 14.2. The van der Waals surface area contributed by atoms with Crippen molar-refractivity contribution in [2.24, 2.45) is 0 Å². The van der Waals surface area contributed by atoms with Gasteiger partial charge >= 0.3 is 0 Å². The molecule has 88 valence electrons. The van der Waals surface area contributed by atoms with Crippen LogP contribution in [0.4, 0.5) is 0 Å². The van der Waals surface area contributed by atoms with Crippen molar-refractivity contribution in [2.75, 3.05) is 5.75 Å². The summed E-state index contributed by atoms with van der Waals surface area (Å²) in [5.41, 5.74) is 0. The zero-order valence-electron chi connectivity index (χ0n) is 7.44. The molecule has 0 bridgehead atoms. The highest BCUT2D eigenvalue weighted by Gasteiger charge is 2.32. The molecule has 0 radical (unpaired) electrons. The molecular weight excluding hydrogens is 252 g/mol. The van der Waals surface area contributed by atoms with E-state index in [1.165, 1.54) is 0 Å². The Balaban J connectivity index is 4.84. The molecule has 1 unspecified atom stereocenters. The van der Waals surface area contributed by atoms with Gasteiger partial charge in [0.05, 0.1) is 0 Å². The summed E-state index contributed by atoms with van der Waals surface area (Å²) in [6.45, 7) is 0.722. The van der Waals surface area contributed by atoms with Crippen LogP contribution >= 0.6 is 0 Å². The summed E-state index contributed by atoms with van der Waals surface area (Å²) >= 11 is 0. The van der Waals surface area contributed by atoms with Gasteiger partial charge in [0.1, 0.15) is 11.0 Å². The monoisotopic (exact) mass is 260 g/mol. The van der Waals surface area contributed by atoms with Gasteiger partial charge in [-0.15, -0.1) is 0 Å². The summed E-state index contributed by atoms with van der Waals surface area (Å²) in [5, 5.41) is -2.05. The Morgan fingerprint density at radius 2 is 1.53 bits per heavy atom. The highest BCUT2D eigenvalue weighted by Crippen LogP contribution is 2.01. The van der Waals surface area contributed by atoms with Crippen LogP contribution in [-0.4, -0.2) is 48.5 Å². The summed E-state index contributed by atoms with van der Waals surface area (Å²) in [5.74, 6) is -4.72. The zero-order valence-corrected chi connectivity index (χ0v) is 9.08. The minimum absolute atomic E-state index is 0.722. The SMILES string of the molecule is CC(C(=O)C(=O)CS(=O)(=O)O)S(=O)(=O)O. The van der Waals surface area contributed by atoms with Gasteiger partial charge < -0.3 is 0 Å². The second kappa shape index (κ2) is 4.35. The predicted octanol–water partition coefficient (Wildman–Crippen LogP) is -1.71. The van der Waals surface area contributed by atoms with Crippen LogP contribution in [0.5, 0.6) is 0 Å². The third kappa shape index (κ3) is 4.97. The smallest absolute Gasteiger partial charge is 0.275 e. The molecular formula is C5H8O8S2. The van der Waals surface area contributed by atoms with E-state index in [1.54, 1.807) is 0 Å². The fraction of sp³-hybridized carbons (Fsp3) is 0.600. The van der Waals surface area contributed by atoms with Gasteiger partial charge in [0, 0.05) is 0 Å². The van der Waals surface area contributed by atoms with Crippen LogP contribution in [0.1, 0.15) is 6.92 Å². The third-order valence-corrected chi connectivity index (χ3v) is 3.14. The summed E-state index contributed by atoms with van der Waals surface area (Å²) in [7, 11) is -9.44. The quantitative estimate of drug-likeness (QED) is 0.439. The van der Waals surface area contributed by atoms with E-state index in [0.717, 1.165) is 6.92 Å². The van der Waals surface area contributed by atoms with Gasteiger partial charge in [-0.25, -0.2) is 0 Å². The number of carbonyl (C=O) groups excluding carboxylic acids is 2. The molecule has 0 aromatic heterocycles. The minimum Gasteiger partial charge on any atom is -0.290 e. The Kier molecular flexibility index (Phi) is 4.10. The molecule has 10 heteroatoms. The second-order valence-corrected chi connectivity index (χ2v) is 5.86. The van der Waals surface area contributed by atoms with Gasteiger partial charge in [0.15, 0.2) is 0 Å². The zero-order chi connectivity index (χ0) is 12.4. The first-order valence-corrected chi connectivity index (χ1v) is 6.55. The Morgan fingerprint density at radius 1 is 1.13 bits per heavy atom. The van der Waals surface area contributed by atoms with E-state index in [0.29, 0.717) is 0 Å². The lowest BCUT2D eigenvalue weighted by molar-refractivity contribution is -0.134. The maximum Gasteiger partial charge on any atom is 0.275 e. The molecule has 8 nitrogen and oxygen atoms in total. The summed E-state index contributed by atoms with van der Waals surface area (Å²) in [6.07, 6.45) is 0. The predicted molar refractivity (Wildman–Crippen MR) is 47.4 cm³/mol. The lowest BCUT2D eigenvalue weighted by atomic mass is 10.2. The Morgan fingerprint density at radius 3 is 1.80 bits per heavy atom. The molecule has 0 fully saturated rings. The van der Waals surface area contributed by atoms with Crippen molar-refractivity contribution in [2.45, 2.75) is 12.2 Å². The molecule has 0 aromatic rings. The van der Waals surface area contributed by atoms with Crippen LogP contribution in [0.2, 0.25) is 0 Å². The van der Waals surface area contributed by atoms with E-state index in [1.807, 2.05) is 0 Å². The van der Waals surface area contributed by atoms with Crippen molar-refractivity contribution in [3.05, 3.63) is 0 Å². The largest absolute Gasteiger partial charge is 0.290 e. The van der Waals surface area contributed by atoms with Gasteiger partial charge in [0.25, 0.3) is 20.2 Å². The van der Waals surface area contributed by atoms with E-state index in [-0.39, 0.29) is 0 Å². The standard InChI is InChI=1S/C5H8O8S2/c1-3(15(11,12)13)5(7)4(6)2-14(8,9)10/h3H,2H2,1H3,(H,8,9,10)(H,11,12,13). The van der Waals surface area contributed by atoms with Crippen LogP contribution < -0.4 is 0 Å². The van der Waals surface area contributed by atoms with E-state index in [2.05, 4.69) is 0 Å². The lowest BCUT2D eigenvalue weighted by Gasteiger charge is -2.04. The number of ketones is 2. The van der Waals surface area contributed by atoms with Gasteiger partial charge in [0.2, 0.25) is 11.6 Å². The topological polar surface area (TPSA) is 143 Å². The molecule has 1 atom stereocenters. The highest BCUT2D eigenvalue weighted by atomic mass is 32.2. The molecule has 0 aliphatic rings. The molecule has 0 aliphatic heterocycles. The van der Waals surface area contributed by atoms with E-state index < -0.39 is 42.8 Å². The molecule has 0 aromatic carbocycles. The average molecular weight is 260 g/mol. The van der Waals surface area contributed by atoms with Crippen LogP contribution in [0.25, 0.3) is 0 Å². The van der Waals surface area contributed by atoms with E-state index >= 15 is 0 Å². The normalized spacial score (nSPS) is 14.6. The fourth-order valence-corrected chi connectivity index (χ4v) is 1.47. The number of hydrogen-bond donors (Lipinski definition) is 2. The van der Waals surface area contributed by atoms with Gasteiger partial charge in [-0.3, -0.25) is 18.7 Å². The molecule has 0 amide bonds. The van der Waals surface area contributed by atoms with Crippen LogP contribution in [0.15, 0.2) is 0 Å². The van der Waals surface area contributed by atoms with Gasteiger partial charge in [-0.2, -0.15) is 16.8 Å². The molecule has 0 heterocycles. The van der Waals surface area contributed by atoms with E-state index in [9.17, 15) is 26.4 Å².